The Hall–Kier alpha value is -1.59. The van der Waals surface area contributed by atoms with Crippen molar-refractivity contribution in [2.45, 2.75) is 20.0 Å². The van der Waals surface area contributed by atoms with Gasteiger partial charge in [-0.1, -0.05) is 19.9 Å². The Kier molecular flexibility index (Phi) is 6.42. The Morgan fingerprint density at radius 1 is 1.43 bits per heavy atom. The number of ether oxygens (including phenoxy) is 1. The standard InChI is InChI=1S/C18H29N3O2/c1-14(2)12-21-8-9-23-17(13-21)11-19-18(22)15-6-5-7-16(10-15)20(3)4/h5-7,10,14,17H,8-9,11-13H2,1-4H3,(H,19,22)/t17-/m0/s1. The van der Waals surface area contributed by atoms with Crippen LogP contribution in [-0.2, 0) is 4.74 Å². The second-order valence-corrected chi connectivity index (χ2v) is 6.80. The monoisotopic (exact) mass is 319 g/mol. The summed E-state index contributed by atoms with van der Waals surface area (Å²) in [6.07, 6.45) is 0.0727. The molecule has 1 aliphatic heterocycles. The van der Waals surface area contributed by atoms with Crippen LogP contribution in [0.25, 0.3) is 0 Å². The topological polar surface area (TPSA) is 44.8 Å². The third kappa shape index (κ3) is 5.52. The van der Waals surface area contributed by atoms with Gasteiger partial charge in [-0.25, -0.2) is 0 Å². The summed E-state index contributed by atoms with van der Waals surface area (Å²) >= 11 is 0. The van der Waals surface area contributed by atoms with Crippen molar-refractivity contribution < 1.29 is 9.53 Å². The van der Waals surface area contributed by atoms with Crippen LogP contribution in [0.2, 0.25) is 0 Å². The Morgan fingerprint density at radius 3 is 2.91 bits per heavy atom. The molecule has 0 radical (unpaired) electrons. The van der Waals surface area contributed by atoms with Crippen LogP contribution in [0.3, 0.4) is 0 Å². The fraction of sp³-hybridized carbons (Fsp3) is 0.611. The van der Waals surface area contributed by atoms with Gasteiger partial charge in [-0.05, 0) is 24.1 Å². The predicted molar refractivity (Wildman–Crippen MR) is 94.1 cm³/mol. The normalized spacial score (nSPS) is 18.9. The van der Waals surface area contributed by atoms with Crippen LogP contribution in [0.1, 0.15) is 24.2 Å². The van der Waals surface area contributed by atoms with Gasteiger partial charge in [0.05, 0.1) is 12.7 Å². The summed E-state index contributed by atoms with van der Waals surface area (Å²) in [5, 5.41) is 3.00. The maximum atomic E-state index is 12.3. The van der Waals surface area contributed by atoms with E-state index in [4.69, 9.17) is 4.74 Å². The van der Waals surface area contributed by atoms with Gasteiger partial charge in [0.1, 0.15) is 0 Å². The molecule has 23 heavy (non-hydrogen) atoms. The van der Waals surface area contributed by atoms with Crippen LogP contribution < -0.4 is 10.2 Å². The maximum Gasteiger partial charge on any atom is 0.251 e. The number of morpholine rings is 1. The van der Waals surface area contributed by atoms with E-state index in [1.165, 1.54) is 0 Å². The maximum absolute atomic E-state index is 12.3. The zero-order valence-electron chi connectivity index (χ0n) is 14.7. The highest BCUT2D eigenvalue weighted by Gasteiger charge is 2.21. The van der Waals surface area contributed by atoms with Crippen molar-refractivity contribution >= 4 is 11.6 Å². The van der Waals surface area contributed by atoms with Crippen LogP contribution in [-0.4, -0.2) is 63.8 Å². The van der Waals surface area contributed by atoms with Gasteiger partial charge in [0.25, 0.3) is 5.91 Å². The molecule has 1 aromatic carbocycles. The third-order valence-corrected chi connectivity index (χ3v) is 3.96. The number of carbonyl (C=O) groups excluding carboxylic acids is 1. The van der Waals surface area contributed by atoms with Gasteiger partial charge in [-0.3, -0.25) is 9.69 Å². The molecule has 0 unspecified atom stereocenters. The zero-order valence-corrected chi connectivity index (χ0v) is 14.7. The quantitative estimate of drug-likeness (QED) is 0.869. The van der Waals surface area contributed by atoms with Crippen molar-refractivity contribution in [2.75, 3.05) is 51.8 Å². The second-order valence-electron chi connectivity index (χ2n) is 6.80. The summed E-state index contributed by atoms with van der Waals surface area (Å²) in [5.41, 5.74) is 1.71. The van der Waals surface area contributed by atoms with E-state index in [-0.39, 0.29) is 12.0 Å². The fourth-order valence-corrected chi connectivity index (χ4v) is 2.82. The van der Waals surface area contributed by atoms with Gasteiger partial charge in [-0.2, -0.15) is 0 Å². The first kappa shape index (κ1) is 17.8. The number of nitrogens with zero attached hydrogens (tertiary/aromatic N) is 2. The third-order valence-electron chi connectivity index (χ3n) is 3.96. The Balaban J connectivity index is 1.85. The summed E-state index contributed by atoms with van der Waals surface area (Å²) in [5.74, 6) is 0.607. The molecule has 0 bridgehead atoms. The number of rotatable bonds is 6. The fourth-order valence-electron chi connectivity index (χ4n) is 2.82. The molecule has 1 N–H and O–H groups in total. The average Bonchev–Trinajstić information content (AvgIpc) is 2.52. The molecule has 1 aliphatic rings. The molecule has 1 heterocycles. The van der Waals surface area contributed by atoms with E-state index in [2.05, 4.69) is 24.1 Å². The predicted octanol–water partition coefficient (Wildman–Crippen LogP) is 1.84. The number of benzene rings is 1. The number of anilines is 1. The van der Waals surface area contributed by atoms with Crippen molar-refractivity contribution in [3.05, 3.63) is 29.8 Å². The molecule has 5 heteroatoms. The molecule has 1 fully saturated rings. The summed E-state index contributed by atoms with van der Waals surface area (Å²) in [6, 6.07) is 7.65. The smallest absolute Gasteiger partial charge is 0.251 e. The Bertz CT molecular complexity index is 517. The van der Waals surface area contributed by atoms with Gasteiger partial charge in [0.2, 0.25) is 0 Å². The van der Waals surface area contributed by atoms with Gasteiger partial charge in [0, 0.05) is 51.5 Å². The van der Waals surface area contributed by atoms with Crippen molar-refractivity contribution in [2.24, 2.45) is 5.92 Å². The molecule has 1 amide bonds. The van der Waals surface area contributed by atoms with E-state index in [1.54, 1.807) is 0 Å². The largest absolute Gasteiger partial charge is 0.378 e. The lowest BCUT2D eigenvalue weighted by Gasteiger charge is -2.33. The van der Waals surface area contributed by atoms with E-state index in [0.717, 1.165) is 31.9 Å². The Morgan fingerprint density at radius 2 is 2.22 bits per heavy atom. The molecule has 1 saturated heterocycles. The molecular formula is C18H29N3O2. The summed E-state index contributed by atoms with van der Waals surface area (Å²) < 4.78 is 5.77. The molecule has 1 aromatic rings. The molecule has 5 nitrogen and oxygen atoms in total. The molecule has 1 atom stereocenters. The zero-order chi connectivity index (χ0) is 16.8. The van der Waals surface area contributed by atoms with Crippen molar-refractivity contribution in [3.63, 3.8) is 0 Å². The van der Waals surface area contributed by atoms with E-state index in [1.807, 2.05) is 43.3 Å². The minimum absolute atomic E-state index is 0.0433. The highest BCUT2D eigenvalue weighted by atomic mass is 16.5. The van der Waals surface area contributed by atoms with Gasteiger partial charge in [-0.15, -0.1) is 0 Å². The first-order chi connectivity index (χ1) is 11.0. The molecule has 0 spiro atoms. The SMILES string of the molecule is CC(C)CN1CCO[C@@H](CNC(=O)c2cccc(N(C)C)c2)C1. The van der Waals surface area contributed by atoms with Gasteiger partial charge >= 0.3 is 0 Å². The lowest BCUT2D eigenvalue weighted by Crippen LogP contribution is -2.48. The van der Waals surface area contributed by atoms with Crippen LogP contribution in [0.15, 0.2) is 24.3 Å². The van der Waals surface area contributed by atoms with Crippen molar-refractivity contribution in [1.82, 2.24) is 10.2 Å². The summed E-state index contributed by atoms with van der Waals surface area (Å²) in [6.45, 7) is 8.69. The van der Waals surface area contributed by atoms with Gasteiger partial charge < -0.3 is 15.0 Å². The van der Waals surface area contributed by atoms with E-state index < -0.39 is 0 Å². The van der Waals surface area contributed by atoms with Crippen LogP contribution in [0.4, 0.5) is 5.69 Å². The van der Waals surface area contributed by atoms with Crippen LogP contribution >= 0.6 is 0 Å². The molecule has 2 rings (SSSR count). The highest BCUT2D eigenvalue weighted by molar-refractivity contribution is 5.95. The number of nitrogens with one attached hydrogen (secondary N) is 1. The minimum atomic E-state index is -0.0433. The molecule has 0 aliphatic carbocycles. The van der Waals surface area contributed by atoms with Gasteiger partial charge in [0.15, 0.2) is 0 Å². The number of hydrogen-bond donors (Lipinski definition) is 1. The second kappa shape index (κ2) is 8.31. The van der Waals surface area contributed by atoms with E-state index in [0.29, 0.717) is 18.0 Å². The summed E-state index contributed by atoms with van der Waals surface area (Å²) in [7, 11) is 3.94. The van der Waals surface area contributed by atoms with E-state index in [9.17, 15) is 4.79 Å². The first-order valence-electron chi connectivity index (χ1n) is 8.35. The highest BCUT2D eigenvalue weighted by Crippen LogP contribution is 2.13. The number of hydrogen-bond acceptors (Lipinski definition) is 4. The lowest BCUT2D eigenvalue weighted by atomic mass is 10.1. The first-order valence-corrected chi connectivity index (χ1v) is 8.35. The van der Waals surface area contributed by atoms with E-state index >= 15 is 0 Å². The average molecular weight is 319 g/mol. The molecule has 0 aromatic heterocycles. The molecular weight excluding hydrogens is 290 g/mol. The summed E-state index contributed by atoms with van der Waals surface area (Å²) in [4.78, 5) is 16.7. The number of carbonyl (C=O) groups is 1. The molecule has 0 saturated carbocycles. The van der Waals surface area contributed by atoms with Crippen LogP contribution in [0, 0.1) is 5.92 Å². The lowest BCUT2D eigenvalue weighted by molar-refractivity contribution is -0.0295. The van der Waals surface area contributed by atoms with Crippen LogP contribution in [0.5, 0.6) is 0 Å². The molecule has 128 valence electrons. The number of amides is 1. The Labute approximate surface area is 139 Å². The van der Waals surface area contributed by atoms with Crippen molar-refractivity contribution in [3.8, 4) is 0 Å². The minimum Gasteiger partial charge on any atom is -0.378 e. The van der Waals surface area contributed by atoms with Crippen molar-refractivity contribution in [1.29, 1.82) is 0 Å².